The molecule has 0 unspecified atom stereocenters. The van der Waals surface area contributed by atoms with Gasteiger partial charge in [0.25, 0.3) is 0 Å². The number of rotatable bonds is 6. The number of hydrogen-bond donors (Lipinski definition) is 1. The quantitative estimate of drug-likeness (QED) is 0.683. The van der Waals surface area contributed by atoms with E-state index < -0.39 is 0 Å². The Morgan fingerprint density at radius 3 is 2.46 bits per heavy atom. The van der Waals surface area contributed by atoms with Crippen molar-refractivity contribution in [2.45, 2.75) is 26.2 Å². The van der Waals surface area contributed by atoms with Crippen molar-refractivity contribution in [2.24, 2.45) is 0 Å². The first-order chi connectivity index (χ1) is 11.8. The topological polar surface area (TPSA) is 29.1 Å². The van der Waals surface area contributed by atoms with Crippen molar-refractivity contribution in [3.8, 4) is 11.1 Å². The van der Waals surface area contributed by atoms with Crippen molar-refractivity contribution in [1.82, 2.24) is 5.32 Å². The van der Waals surface area contributed by atoms with Crippen LogP contribution in [0.1, 0.15) is 25.3 Å². The van der Waals surface area contributed by atoms with Crippen LogP contribution in [0.4, 0.5) is 0 Å². The minimum Gasteiger partial charge on any atom is -0.356 e. The monoisotopic (exact) mass is 317 g/mol. The Morgan fingerprint density at radius 1 is 0.917 bits per heavy atom. The number of amides is 1. The maximum atomic E-state index is 11.7. The summed E-state index contributed by atoms with van der Waals surface area (Å²) in [6, 6.07) is 23.4. The van der Waals surface area contributed by atoms with Crippen LogP contribution < -0.4 is 5.32 Å². The molecular formula is C22H23NO. The first-order valence-corrected chi connectivity index (χ1v) is 8.61. The first kappa shape index (κ1) is 16.3. The zero-order chi connectivity index (χ0) is 16.8. The zero-order valence-electron chi connectivity index (χ0n) is 14.1. The third kappa shape index (κ3) is 3.83. The van der Waals surface area contributed by atoms with Gasteiger partial charge in [-0.3, -0.25) is 4.79 Å². The van der Waals surface area contributed by atoms with Crippen LogP contribution in [0.3, 0.4) is 0 Å². The Balaban J connectivity index is 1.89. The summed E-state index contributed by atoms with van der Waals surface area (Å²) < 4.78 is 0. The van der Waals surface area contributed by atoms with E-state index >= 15 is 0 Å². The third-order valence-electron chi connectivity index (χ3n) is 4.25. The lowest BCUT2D eigenvalue weighted by atomic mass is 9.95. The lowest BCUT2D eigenvalue weighted by molar-refractivity contribution is -0.121. The van der Waals surface area contributed by atoms with Crippen molar-refractivity contribution in [2.75, 3.05) is 6.54 Å². The highest BCUT2D eigenvalue weighted by Gasteiger charge is 2.06. The number of fused-ring (bicyclic) bond motifs is 1. The summed E-state index contributed by atoms with van der Waals surface area (Å²) in [4.78, 5) is 11.7. The van der Waals surface area contributed by atoms with Gasteiger partial charge in [-0.25, -0.2) is 0 Å². The molecule has 0 aliphatic heterocycles. The molecule has 0 aliphatic carbocycles. The standard InChI is InChI=1S/C22H23NO/c1-2-8-22(24)23-14-13-19-16-20(17-9-4-3-5-10-17)15-18-11-6-7-12-21(18)19/h3-7,9-12,15-16H,2,8,13-14H2,1H3,(H,23,24). The summed E-state index contributed by atoms with van der Waals surface area (Å²) in [5.41, 5.74) is 3.73. The van der Waals surface area contributed by atoms with E-state index in [9.17, 15) is 4.79 Å². The van der Waals surface area contributed by atoms with Crippen LogP contribution in [0.2, 0.25) is 0 Å². The predicted molar refractivity (Wildman–Crippen MR) is 101 cm³/mol. The van der Waals surface area contributed by atoms with Gasteiger partial charge in [-0.2, -0.15) is 0 Å². The summed E-state index contributed by atoms with van der Waals surface area (Å²) in [6.45, 7) is 2.71. The van der Waals surface area contributed by atoms with Crippen LogP contribution in [0.5, 0.6) is 0 Å². The Hall–Kier alpha value is -2.61. The highest BCUT2D eigenvalue weighted by Crippen LogP contribution is 2.28. The van der Waals surface area contributed by atoms with E-state index in [1.54, 1.807) is 0 Å². The highest BCUT2D eigenvalue weighted by molar-refractivity contribution is 5.90. The lowest BCUT2D eigenvalue weighted by Crippen LogP contribution is -2.25. The summed E-state index contributed by atoms with van der Waals surface area (Å²) >= 11 is 0. The summed E-state index contributed by atoms with van der Waals surface area (Å²) in [5.74, 6) is 0.140. The van der Waals surface area contributed by atoms with Crippen LogP contribution in [-0.2, 0) is 11.2 Å². The van der Waals surface area contributed by atoms with Crippen molar-refractivity contribution < 1.29 is 4.79 Å². The smallest absolute Gasteiger partial charge is 0.219 e. The Kier molecular flexibility index (Phi) is 5.27. The second-order valence-corrected chi connectivity index (χ2v) is 6.07. The second kappa shape index (κ2) is 7.78. The zero-order valence-corrected chi connectivity index (χ0v) is 14.1. The van der Waals surface area contributed by atoms with E-state index in [0.717, 1.165) is 12.8 Å². The maximum absolute atomic E-state index is 11.7. The van der Waals surface area contributed by atoms with Gasteiger partial charge in [0.05, 0.1) is 0 Å². The van der Waals surface area contributed by atoms with E-state index in [0.29, 0.717) is 13.0 Å². The number of carbonyl (C=O) groups excluding carboxylic acids is 1. The molecular weight excluding hydrogens is 294 g/mol. The Labute approximate surface area is 143 Å². The molecule has 0 spiro atoms. The molecule has 0 saturated heterocycles. The highest BCUT2D eigenvalue weighted by atomic mass is 16.1. The van der Waals surface area contributed by atoms with E-state index in [4.69, 9.17) is 0 Å². The van der Waals surface area contributed by atoms with Gasteiger partial charge in [0.15, 0.2) is 0 Å². The Bertz CT molecular complexity index is 824. The average Bonchev–Trinajstić information content (AvgIpc) is 2.62. The fraction of sp³-hybridized carbons (Fsp3) is 0.227. The number of nitrogens with one attached hydrogen (secondary N) is 1. The molecule has 2 heteroatoms. The molecule has 0 saturated carbocycles. The Morgan fingerprint density at radius 2 is 1.67 bits per heavy atom. The molecule has 3 aromatic carbocycles. The van der Waals surface area contributed by atoms with Gasteiger partial charge in [0, 0.05) is 13.0 Å². The fourth-order valence-electron chi connectivity index (χ4n) is 3.05. The molecule has 3 aromatic rings. The molecule has 24 heavy (non-hydrogen) atoms. The van der Waals surface area contributed by atoms with Crippen LogP contribution >= 0.6 is 0 Å². The molecule has 0 heterocycles. The second-order valence-electron chi connectivity index (χ2n) is 6.07. The molecule has 122 valence electrons. The number of benzene rings is 3. The number of hydrogen-bond acceptors (Lipinski definition) is 1. The van der Waals surface area contributed by atoms with Crippen LogP contribution in [0.15, 0.2) is 66.7 Å². The van der Waals surface area contributed by atoms with Crippen LogP contribution in [0.25, 0.3) is 21.9 Å². The lowest BCUT2D eigenvalue weighted by Gasteiger charge is -2.11. The molecule has 1 amide bonds. The normalized spacial score (nSPS) is 10.7. The van der Waals surface area contributed by atoms with E-state index in [1.165, 1.54) is 27.5 Å². The first-order valence-electron chi connectivity index (χ1n) is 8.61. The van der Waals surface area contributed by atoms with Gasteiger partial charge in [0.1, 0.15) is 0 Å². The SMILES string of the molecule is CCCC(=O)NCCc1cc(-c2ccccc2)cc2ccccc12. The van der Waals surface area contributed by atoms with Crippen molar-refractivity contribution in [3.05, 3.63) is 72.3 Å². The molecule has 0 aromatic heterocycles. The molecule has 0 fully saturated rings. The number of carbonyl (C=O) groups is 1. The van der Waals surface area contributed by atoms with Gasteiger partial charge in [-0.15, -0.1) is 0 Å². The van der Waals surface area contributed by atoms with E-state index in [1.807, 2.05) is 13.0 Å². The molecule has 2 nitrogen and oxygen atoms in total. The summed E-state index contributed by atoms with van der Waals surface area (Å²) in [7, 11) is 0. The fourth-order valence-corrected chi connectivity index (χ4v) is 3.05. The van der Waals surface area contributed by atoms with Crippen LogP contribution in [0, 0.1) is 0 Å². The van der Waals surface area contributed by atoms with Crippen molar-refractivity contribution >= 4 is 16.7 Å². The van der Waals surface area contributed by atoms with Gasteiger partial charge in [0.2, 0.25) is 5.91 Å². The third-order valence-corrected chi connectivity index (χ3v) is 4.25. The average molecular weight is 317 g/mol. The van der Waals surface area contributed by atoms with Gasteiger partial charge >= 0.3 is 0 Å². The maximum Gasteiger partial charge on any atom is 0.219 e. The molecule has 0 bridgehead atoms. The molecule has 0 aliphatic rings. The van der Waals surface area contributed by atoms with Gasteiger partial charge < -0.3 is 5.32 Å². The predicted octanol–water partition coefficient (Wildman–Crippen LogP) is 4.97. The molecule has 1 N–H and O–H groups in total. The van der Waals surface area contributed by atoms with Crippen molar-refractivity contribution in [3.63, 3.8) is 0 Å². The van der Waals surface area contributed by atoms with E-state index in [-0.39, 0.29) is 5.91 Å². The molecule has 3 rings (SSSR count). The van der Waals surface area contributed by atoms with Gasteiger partial charge in [-0.1, -0.05) is 67.6 Å². The minimum atomic E-state index is 0.140. The van der Waals surface area contributed by atoms with Crippen LogP contribution in [-0.4, -0.2) is 12.5 Å². The molecule has 0 radical (unpaired) electrons. The van der Waals surface area contributed by atoms with Gasteiger partial charge in [-0.05, 0) is 46.4 Å². The molecule has 0 atom stereocenters. The summed E-state index contributed by atoms with van der Waals surface area (Å²) in [6.07, 6.45) is 2.33. The van der Waals surface area contributed by atoms with E-state index in [2.05, 4.69) is 66.0 Å². The minimum absolute atomic E-state index is 0.140. The van der Waals surface area contributed by atoms with Crippen molar-refractivity contribution in [1.29, 1.82) is 0 Å². The summed E-state index contributed by atoms with van der Waals surface area (Å²) in [5, 5.41) is 5.53. The largest absolute Gasteiger partial charge is 0.356 e.